The molecule has 0 spiro atoms. The molecule has 0 bridgehead atoms. The van der Waals surface area contributed by atoms with Gasteiger partial charge in [0.15, 0.2) is 17.2 Å². The number of carboxylic acid groups (broad SMARTS) is 2. The van der Waals surface area contributed by atoms with E-state index in [1.165, 1.54) is 0 Å². The van der Waals surface area contributed by atoms with Crippen LogP contribution < -0.4 is 4.74 Å². The van der Waals surface area contributed by atoms with Gasteiger partial charge in [-0.05, 0) is 28.1 Å². The molecule has 0 unspecified atom stereocenters. The van der Waals surface area contributed by atoms with Crippen LogP contribution in [0.2, 0.25) is 0 Å². The van der Waals surface area contributed by atoms with E-state index in [4.69, 9.17) is 14.3 Å². The van der Waals surface area contributed by atoms with E-state index in [0.29, 0.717) is 20.7 Å². The second-order valence-electron chi connectivity index (χ2n) is 4.54. The van der Waals surface area contributed by atoms with Gasteiger partial charge in [-0.3, -0.25) is 0 Å². The molecule has 0 saturated heterocycles. The Kier molecular flexibility index (Phi) is 4.10. The lowest BCUT2D eigenvalue weighted by Gasteiger charge is -2.02. The number of thiophene rings is 1. The summed E-state index contributed by atoms with van der Waals surface area (Å²) in [5, 5.41) is 18.9. The monoisotopic (exact) mass is 396 g/mol. The van der Waals surface area contributed by atoms with Crippen molar-refractivity contribution < 1.29 is 29.0 Å². The molecule has 0 saturated carbocycles. The third-order valence-electron chi connectivity index (χ3n) is 2.99. The predicted octanol–water partition coefficient (Wildman–Crippen LogP) is 4.09. The van der Waals surface area contributed by atoms with Gasteiger partial charge in [-0.25, -0.2) is 9.59 Å². The molecule has 0 fully saturated rings. The van der Waals surface area contributed by atoms with E-state index >= 15 is 0 Å². The van der Waals surface area contributed by atoms with Gasteiger partial charge in [0.25, 0.3) is 0 Å². The standard InChI is InChI=1S/C15H9BrO6S/c16-11-12(21-6-10(17)18)14(15(19)20)23-13(11)9-5-7-3-1-2-4-8(7)22-9/h1-5H,6H2,(H,17,18)(H,19,20). The van der Waals surface area contributed by atoms with Crippen LogP contribution in [0.5, 0.6) is 5.75 Å². The number of rotatable bonds is 5. The maximum atomic E-state index is 11.4. The molecular formula is C15H9BrO6S. The van der Waals surface area contributed by atoms with Gasteiger partial charge in [0.2, 0.25) is 0 Å². The Morgan fingerprint density at radius 3 is 2.65 bits per heavy atom. The zero-order valence-corrected chi connectivity index (χ0v) is 13.8. The lowest BCUT2D eigenvalue weighted by Crippen LogP contribution is -2.11. The maximum Gasteiger partial charge on any atom is 0.349 e. The summed E-state index contributed by atoms with van der Waals surface area (Å²) in [6.07, 6.45) is 0. The van der Waals surface area contributed by atoms with Gasteiger partial charge in [0, 0.05) is 5.39 Å². The molecule has 118 valence electrons. The van der Waals surface area contributed by atoms with Crippen LogP contribution in [0.15, 0.2) is 39.2 Å². The van der Waals surface area contributed by atoms with Crippen LogP contribution in [0, 0.1) is 0 Å². The first-order valence-electron chi connectivity index (χ1n) is 6.36. The number of carbonyl (C=O) groups is 2. The van der Waals surface area contributed by atoms with Crippen molar-refractivity contribution in [1.29, 1.82) is 0 Å². The normalized spacial score (nSPS) is 10.8. The fourth-order valence-electron chi connectivity index (χ4n) is 2.05. The van der Waals surface area contributed by atoms with E-state index < -0.39 is 18.5 Å². The molecule has 1 aromatic carbocycles. The molecule has 0 amide bonds. The summed E-state index contributed by atoms with van der Waals surface area (Å²) in [4.78, 5) is 22.5. The molecule has 2 heterocycles. The van der Waals surface area contributed by atoms with Crippen LogP contribution in [0.1, 0.15) is 9.67 Å². The number of hydrogen-bond acceptors (Lipinski definition) is 5. The predicted molar refractivity (Wildman–Crippen MR) is 87.3 cm³/mol. The summed E-state index contributed by atoms with van der Waals surface area (Å²) in [6.45, 7) is -0.630. The van der Waals surface area contributed by atoms with E-state index in [1.807, 2.05) is 18.2 Å². The lowest BCUT2D eigenvalue weighted by atomic mass is 10.2. The van der Waals surface area contributed by atoms with Crippen LogP contribution >= 0.6 is 27.3 Å². The van der Waals surface area contributed by atoms with Gasteiger partial charge < -0.3 is 19.4 Å². The molecular weight excluding hydrogens is 388 g/mol. The third kappa shape index (κ3) is 2.95. The Bertz CT molecular complexity index is 877. The summed E-state index contributed by atoms with van der Waals surface area (Å²) in [6, 6.07) is 9.18. The average Bonchev–Trinajstić information content (AvgIpc) is 3.05. The molecule has 6 nitrogen and oxygen atoms in total. The number of para-hydroxylation sites is 1. The largest absolute Gasteiger partial charge is 0.479 e. The minimum atomic E-state index is -1.20. The van der Waals surface area contributed by atoms with Crippen LogP contribution in [-0.2, 0) is 4.79 Å². The minimum absolute atomic E-state index is 0.0136. The Morgan fingerprint density at radius 1 is 1.26 bits per heavy atom. The molecule has 8 heteroatoms. The number of halogens is 1. The van der Waals surface area contributed by atoms with Gasteiger partial charge in [-0.1, -0.05) is 18.2 Å². The number of benzene rings is 1. The molecule has 0 aliphatic carbocycles. The highest BCUT2D eigenvalue weighted by molar-refractivity contribution is 9.10. The first-order chi connectivity index (χ1) is 11.0. The third-order valence-corrected chi connectivity index (χ3v) is 5.19. The van der Waals surface area contributed by atoms with Crippen molar-refractivity contribution in [3.63, 3.8) is 0 Å². The summed E-state index contributed by atoms with van der Waals surface area (Å²) >= 11 is 4.24. The quantitative estimate of drug-likeness (QED) is 0.673. The van der Waals surface area contributed by atoms with Crippen LogP contribution in [-0.4, -0.2) is 28.8 Å². The zero-order valence-electron chi connectivity index (χ0n) is 11.4. The van der Waals surface area contributed by atoms with Gasteiger partial charge in [0.05, 0.1) is 9.35 Å². The van der Waals surface area contributed by atoms with Crippen molar-refractivity contribution in [2.75, 3.05) is 6.61 Å². The van der Waals surface area contributed by atoms with E-state index in [9.17, 15) is 14.7 Å². The highest BCUT2D eigenvalue weighted by Crippen LogP contribution is 2.46. The molecule has 0 aliphatic heterocycles. The SMILES string of the molecule is O=C(O)COc1c(C(=O)O)sc(-c2cc3ccccc3o2)c1Br. The van der Waals surface area contributed by atoms with Crippen molar-refractivity contribution in [3.05, 3.63) is 39.7 Å². The van der Waals surface area contributed by atoms with Crippen LogP contribution in [0.3, 0.4) is 0 Å². The Morgan fingerprint density at radius 2 is 2.00 bits per heavy atom. The number of aromatic carboxylic acids is 1. The summed E-state index contributed by atoms with van der Waals surface area (Å²) in [5.41, 5.74) is 0.674. The Labute approximate surface area is 142 Å². The van der Waals surface area contributed by atoms with Crippen molar-refractivity contribution in [2.24, 2.45) is 0 Å². The van der Waals surface area contributed by atoms with E-state index in [1.54, 1.807) is 12.1 Å². The van der Waals surface area contributed by atoms with Gasteiger partial charge in [-0.15, -0.1) is 11.3 Å². The highest BCUT2D eigenvalue weighted by Gasteiger charge is 2.25. The van der Waals surface area contributed by atoms with Crippen molar-refractivity contribution in [3.8, 4) is 16.4 Å². The number of hydrogen-bond donors (Lipinski definition) is 2. The molecule has 0 atom stereocenters. The summed E-state index contributed by atoms with van der Waals surface area (Å²) < 4.78 is 11.2. The van der Waals surface area contributed by atoms with Crippen LogP contribution in [0.4, 0.5) is 0 Å². The lowest BCUT2D eigenvalue weighted by molar-refractivity contribution is -0.139. The minimum Gasteiger partial charge on any atom is -0.479 e. The summed E-state index contributed by atoms with van der Waals surface area (Å²) in [5.74, 6) is -1.92. The molecule has 0 aliphatic rings. The number of aliphatic carboxylic acids is 1. The van der Waals surface area contributed by atoms with Crippen molar-refractivity contribution in [2.45, 2.75) is 0 Å². The molecule has 2 N–H and O–H groups in total. The number of furan rings is 1. The first-order valence-corrected chi connectivity index (χ1v) is 7.97. The second kappa shape index (κ2) is 6.05. The van der Waals surface area contributed by atoms with Crippen LogP contribution in [0.25, 0.3) is 21.6 Å². The number of carboxylic acids is 2. The Balaban J connectivity index is 2.10. The van der Waals surface area contributed by atoms with Gasteiger partial charge >= 0.3 is 11.9 Å². The fourth-order valence-corrected chi connectivity index (χ4v) is 3.86. The molecule has 3 rings (SSSR count). The van der Waals surface area contributed by atoms with E-state index in [2.05, 4.69) is 15.9 Å². The number of ether oxygens (including phenoxy) is 1. The van der Waals surface area contributed by atoms with E-state index in [-0.39, 0.29) is 10.6 Å². The first kappa shape index (κ1) is 15.6. The maximum absolute atomic E-state index is 11.4. The highest BCUT2D eigenvalue weighted by atomic mass is 79.9. The van der Waals surface area contributed by atoms with Crippen molar-refractivity contribution in [1.82, 2.24) is 0 Å². The topological polar surface area (TPSA) is 97.0 Å². The number of fused-ring (bicyclic) bond motifs is 1. The van der Waals surface area contributed by atoms with Gasteiger partial charge in [0.1, 0.15) is 11.3 Å². The average molecular weight is 397 g/mol. The summed E-state index contributed by atoms with van der Waals surface area (Å²) in [7, 11) is 0. The molecule has 23 heavy (non-hydrogen) atoms. The van der Waals surface area contributed by atoms with Gasteiger partial charge in [-0.2, -0.15) is 0 Å². The van der Waals surface area contributed by atoms with Crippen molar-refractivity contribution >= 4 is 50.2 Å². The Hall–Kier alpha value is -2.32. The zero-order chi connectivity index (χ0) is 16.6. The molecule has 0 radical (unpaired) electrons. The smallest absolute Gasteiger partial charge is 0.349 e. The second-order valence-corrected chi connectivity index (χ2v) is 6.35. The fraction of sp³-hybridized carbons (Fsp3) is 0.0667. The molecule has 2 aromatic heterocycles. The van der Waals surface area contributed by atoms with E-state index in [0.717, 1.165) is 16.7 Å². The molecule has 3 aromatic rings.